The Bertz CT molecular complexity index is 402. The summed E-state index contributed by atoms with van der Waals surface area (Å²) in [4.78, 5) is 7.06. The number of nitrogens with zero attached hydrogens (tertiary/aromatic N) is 2. The second kappa shape index (κ2) is 7.60. The van der Waals surface area contributed by atoms with Crippen molar-refractivity contribution in [3.63, 3.8) is 0 Å². The number of aromatic nitrogens is 1. The lowest BCUT2D eigenvalue weighted by molar-refractivity contribution is 0.0150. The summed E-state index contributed by atoms with van der Waals surface area (Å²) in [6.07, 6.45) is 1.21. The molecule has 1 unspecified atom stereocenters. The van der Waals surface area contributed by atoms with Crippen LogP contribution < -0.4 is 5.32 Å². The van der Waals surface area contributed by atoms with Gasteiger partial charge in [0.15, 0.2) is 0 Å². The van der Waals surface area contributed by atoms with E-state index in [0.717, 1.165) is 44.4 Å². The minimum atomic E-state index is 0.557. The van der Waals surface area contributed by atoms with Crippen molar-refractivity contribution in [2.24, 2.45) is 5.92 Å². The molecule has 0 spiro atoms. The minimum Gasteiger partial charge on any atom is -0.379 e. The number of ether oxygens (including phenoxy) is 1. The van der Waals surface area contributed by atoms with Crippen molar-refractivity contribution in [1.82, 2.24) is 9.88 Å². The third kappa shape index (κ3) is 4.76. The maximum absolute atomic E-state index is 5.46. The first kappa shape index (κ1) is 15.3. The van der Waals surface area contributed by atoms with Gasteiger partial charge in [-0.1, -0.05) is 19.9 Å². The van der Waals surface area contributed by atoms with Gasteiger partial charge in [0.1, 0.15) is 5.82 Å². The Kier molecular flexibility index (Phi) is 5.80. The highest BCUT2D eigenvalue weighted by Crippen LogP contribution is 2.14. The fourth-order valence-electron chi connectivity index (χ4n) is 2.71. The molecule has 0 saturated carbocycles. The molecule has 1 N–H and O–H groups in total. The van der Waals surface area contributed by atoms with Gasteiger partial charge < -0.3 is 10.1 Å². The molecule has 1 atom stereocenters. The number of nitrogens with one attached hydrogen (secondary N) is 1. The largest absolute Gasteiger partial charge is 0.379 e. The fraction of sp³-hybridized carbons (Fsp3) is 0.688. The van der Waals surface area contributed by atoms with E-state index in [9.17, 15) is 0 Å². The van der Waals surface area contributed by atoms with Crippen molar-refractivity contribution >= 4 is 5.82 Å². The zero-order chi connectivity index (χ0) is 14.4. The zero-order valence-electron chi connectivity index (χ0n) is 12.9. The van der Waals surface area contributed by atoms with E-state index in [1.807, 2.05) is 19.1 Å². The lowest BCUT2D eigenvalue weighted by Gasteiger charge is -2.35. The van der Waals surface area contributed by atoms with E-state index in [1.165, 1.54) is 6.42 Å². The molecule has 1 saturated heterocycles. The molecule has 1 aliphatic rings. The third-order valence-electron chi connectivity index (χ3n) is 3.71. The molecule has 112 valence electrons. The van der Waals surface area contributed by atoms with Crippen molar-refractivity contribution in [2.45, 2.75) is 33.2 Å². The van der Waals surface area contributed by atoms with Crippen molar-refractivity contribution in [2.75, 3.05) is 38.2 Å². The highest BCUT2D eigenvalue weighted by atomic mass is 16.5. The molecule has 4 heteroatoms. The van der Waals surface area contributed by atoms with E-state index in [1.54, 1.807) is 0 Å². The number of anilines is 1. The second-order valence-corrected chi connectivity index (χ2v) is 5.98. The van der Waals surface area contributed by atoms with Crippen LogP contribution in [0.5, 0.6) is 0 Å². The third-order valence-corrected chi connectivity index (χ3v) is 3.71. The van der Waals surface area contributed by atoms with Gasteiger partial charge in [-0.05, 0) is 31.4 Å². The van der Waals surface area contributed by atoms with Gasteiger partial charge in [0, 0.05) is 31.4 Å². The van der Waals surface area contributed by atoms with Crippen LogP contribution in [0, 0.1) is 12.8 Å². The number of aryl methyl sites for hydroxylation is 1. The maximum atomic E-state index is 5.46. The number of rotatable bonds is 6. The van der Waals surface area contributed by atoms with Crippen molar-refractivity contribution in [1.29, 1.82) is 0 Å². The monoisotopic (exact) mass is 277 g/mol. The van der Waals surface area contributed by atoms with Gasteiger partial charge in [-0.3, -0.25) is 4.90 Å². The fourth-order valence-corrected chi connectivity index (χ4v) is 2.71. The standard InChI is InChI=1S/C16H27N3O/c1-13(2)11-15(19-7-9-20-10-8-19)12-17-16-6-4-5-14(3)18-16/h4-6,13,15H,7-12H2,1-3H3,(H,17,18). The van der Waals surface area contributed by atoms with Gasteiger partial charge in [0.25, 0.3) is 0 Å². The van der Waals surface area contributed by atoms with E-state index < -0.39 is 0 Å². The van der Waals surface area contributed by atoms with Crippen LogP contribution in [0.25, 0.3) is 0 Å². The number of hydrogen-bond acceptors (Lipinski definition) is 4. The lowest BCUT2D eigenvalue weighted by atomic mass is 10.0. The van der Waals surface area contributed by atoms with Gasteiger partial charge in [0.2, 0.25) is 0 Å². The molecular weight excluding hydrogens is 250 g/mol. The molecule has 4 nitrogen and oxygen atoms in total. The number of hydrogen-bond donors (Lipinski definition) is 1. The normalized spacial score (nSPS) is 18.2. The van der Waals surface area contributed by atoms with Crippen LogP contribution in [-0.4, -0.2) is 48.8 Å². The molecule has 0 bridgehead atoms. The molecule has 1 aromatic rings. The van der Waals surface area contributed by atoms with E-state index in [4.69, 9.17) is 4.74 Å². The molecule has 0 aliphatic carbocycles. The summed E-state index contributed by atoms with van der Waals surface area (Å²) in [5, 5.41) is 3.49. The van der Waals surface area contributed by atoms with Crippen LogP contribution in [0.1, 0.15) is 26.0 Å². The van der Waals surface area contributed by atoms with E-state index in [-0.39, 0.29) is 0 Å². The SMILES string of the molecule is Cc1cccc(NCC(CC(C)C)N2CCOCC2)n1. The summed E-state index contributed by atoms with van der Waals surface area (Å²) in [7, 11) is 0. The summed E-state index contributed by atoms with van der Waals surface area (Å²) in [5.74, 6) is 1.68. The van der Waals surface area contributed by atoms with Gasteiger partial charge in [-0.15, -0.1) is 0 Å². The molecular formula is C16H27N3O. The van der Waals surface area contributed by atoms with Crippen LogP contribution in [0.15, 0.2) is 18.2 Å². The highest BCUT2D eigenvalue weighted by Gasteiger charge is 2.21. The van der Waals surface area contributed by atoms with Crippen molar-refractivity contribution in [3.05, 3.63) is 23.9 Å². The summed E-state index contributed by atoms with van der Waals surface area (Å²) < 4.78 is 5.46. The first-order chi connectivity index (χ1) is 9.65. The minimum absolute atomic E-state index is 0.557. The first-order valence-electron chi connectivity index (χ1n) is 7.64. The average molecular weight is 277 g/mol. The average Bonchev–Trinajstić information content (AvgIpc) is 2.44. The van der Waals surface area contributed by atoms with Crippen LogP contribution in [-0.2, 0) is 4.74 Å². The lowest BCUT2D eigenvalue weighted by Crippen LogP contribution is -2.47. The zero-order valence-corrected chi connectivity index (χ0v) is 12.9. The molecule has 1 aromatic heterocycles. The Hall–Kier alpha value is -1.13. The molecule has 1 fully saturated rings. The Morgan fingerprint density at radius 2 is 2.05 bits per heavy atom. The Morgan fingerprint density at radius 1 is 1.30 bits per heavy atom. The summed E-state index contributed by atoms with van der Waals surface area (Å²) in [6.45, 7) is 11.4. The predicted octanol–water partition coefficient (Wildman–Crippen LogP) is 2.55. The highest BCUT2D eigenvalue weighted by molar-refractivity contribution is 5.35. The quantitative estimate of drug-likeness (QED) is 0.867. The second-order valence-electron chi connectivity index (χ2n) is 5.98. The van der Waals surface area contributed by atoms with Crippen LogP contribution in [0.4, 0.5) is 5.82 Å². The van der Waals surface area contributed by atoms with Gasteiger partial charge in [0.05, 0.1) is 13.2 Å². The smallest absolute Gasteiger partial charge is 0.126 e. The van der Waals surface area contributed by atoms with E-state index in [2.05, 4.69) is 35.1 Å². The van der Waals surface area contributed by atoms with E-state index in [0.29, 0.717) is 12.0 Å². The van der Waals surface area contributed by atoms with E-state index >= 15 is 0 Å². The molecule has 2 rings (SSSR count). The Morgan fingerprint density at radius 3 is 2.70 bits per heavy atom. The van der Waals surface area contributed by atoms with Crippen molar-refractivity contribution < 1.29 is 4.74 Å². The molecule has 20 heavy (non-hydrogen) atoms. The summed E-state index contributed by atoms with van der Waals surface area (Å²) in [5.41, 5.74) is 1.06. The molecule has 2 heterocycles. The van der Waals surface area contributed by atoms with Gasteiger partial charge in [-0.2, -0.15) is 0 Å². The molecule has 0 amide bonds. The Labute approximate surface area is 122 Å². The summed E-state index contributed by atoms with van der Waals surface area (Å²) in [6, 6.07) is 6.68. The van der Waals surface area contributed by atoms with Crippen LogP contribution in [0.2, 0.25) is 0 Å². The Balaban J connectivity index is 1.92. The van der Waals surface area contributed by atoms with Gasteiger partial charge in [-0.25, -0.2) is 4.98 Å². The summed E-state index contributed by atoms with van der Waals surface area (Å²) >= 11 is 0. The van der Waals surface area contributed by atoms with Gasteiger partial charge >= 0.3 is 0 Å². The molecule has 0 aromatic carbocycles. The number of pyridine rings is 1. The van der Waals surface area contributed by atoms with Crippen LogP contribution >= 0.6 is 0 Å². The molecule has 0 radical (unpaired) electrons. The maximum Gasteiger partial charge on any atom is 0.126 e. The topological polar surface area (TPSA) is 37.4 Å². The molecule has 1 aliphatic heterocycles. The first-order valence-corrected chi connectivity index (χ1v) is 7.64. The van der Waals surface area contributed by atoms with Crippen molar-refractivity contribution in [3.8, 4) is 0 Å². The number of morpholine rings is 1. The van der Waals surface area contributed by atoms with Crippen LogP contribution in [0.3, 0.4) is 0 Å². The predicted molar refractivity (Wildman–Crippen MR) is 83.1 cm³/mol.